The van der Waals surface area contributed by atoms with Gasteiger partial charge in [0, 0.05) is 48.9 Å². The van der Waals surface area contributed by atoms with Crippen LogP contribution < -0.4 is 0 Å². The zero-order valence-electron chi connectivity index (χ0n) is 18.9. The van der Waals surface area contributed by atoms with E-state index in [1.807, 2.05) is 40.3 Å². The maximum Gasteiger partial charge on any atom is 0.254 e. The molecule has 1 saturated carbocycles. The summed E-state index contributed by atoms with van der Waals surface area (Å²) in [4.78, 5) is 32.9. The third kappa shape index (κ3) is 4.16. The van der Waals surface area contributed by atoms with Gasteiger partial charge in [-0.05, 0) is 85.9 Å². The molecule has 0 spiro atoms. The maximum absolute atomic E-state index is 13.3. The molecule has 2 amide bonds. The van der Waals surface area contributed by atoms with E-state index >= 15 is 0 Å². The molecule has 5 rings (SSSR count). The molecule has 1 unspecified atom stereocenters. The van der Waals surface area contributed by atoms with Crippen molar-refractivity contribution >= 4 is 22.7 Å². The van der Waals surface area contributed by atoms with Crippen molar-refractivity contribution in [3.05, 3.63) is 60.3 Å². The Labute approximate surface area is 189 Å². The number of amides is 2. The smallest absolute Gasteiger partial charge is 0.254 e. The molecule has 1 aliphatic carbocycles. The molecule has 5 nitrogen and oxygen atoms in total. The molecule has 0 radical (unpaired) electrons. The molecule has 32 heavy (non-hydrogen) atoms. The number of benzene rings is 2. The molecule has 166 valence electrons. The number of nitrogens with zero attached hydrogens (tertiary/aromatic N) is 2. The molecular formula is C27H31N3O2. The molecule has 3 aromatic rings. The lowest BCUT2D eigenvalue weighted by Crippen LogP contribution is -2.41. The number of fused-ring (bicyclic) bond motifs is 1. The van der Waals surface area contributed by atoms with Gasteiger partial charge in [0.1, 0.15) is 0 Å². The Morgan fingerprint density at radius 1 is 1.03 bits per heavy atom. The predicted molar refractivity (Wildman–Crippen MR) is 127 cm³/mol. The lowest BCUT2D eigenvalue weighted by atomic mass is 10.0. The summed E-state index contributed by atoms with van der Waals surface area (Å²) in [6.45, 7) is 6.46. The largest absolute Gasteiger partial charge is 0.361 e. The first kappa shape index (κ1) is 20.8. The van der Waals surface area contributed by atoms with E-state index in [1.165, 1.54) is 5.39 Å². The second-order valence-corrected chi connectivity index (χ2v) is 9.62. The third-order valence-corrected chi connectivity index (χ3v) is 6.88. The van der Waals surface area contributed by atoms with Gasteiger partial charge in [-0.25, -0.2) is 0 Å². The molecule has 1 N–H and O–H groups in total. The van der Waals surface area contributed by atoms with Gasteiger partial charge >= 0.3 is 0 Å². The quantitative estimate of drug-likeness (QED) is 0.603. The molecule has 1 aromatic heterocycles. The average Bonchev–Trinajstić information content (AvgIpc) is 3.36. The Bertz CT molecular complexity index is 1130. The number of aromatic amines is 1. The van der Waals surface area contributed by atoms with Gasteiger partial charge in [0.15, 0.2) is 0 Å². The van der Waals surface area contributed by atoms with Crippen LogP contribution in [0.15, 0.2) is 54.7 Å². The van der Waals surface area contributed by atoms with E-state index in [9.17, 15) is 9.59 Å². The minimum atomic E-state index is 0.0691. The number of nitrogens with one attached hydrogen (secondary N) is 1. The summed E-state index contributed by atoms with van der Waals surface area (Å²) in [6, 6.07) is 16.5. The first-order valence-electron chi connectivity index (χ1n) is 11.8. The van der Waals surface area contributed by atoms with Gasteiger partial charge < -0.3 is 14.8 Å². The molecule has 2 aromatic carbocycles. The first-order chi connectivity index (χ1) is 15.5. The fraction of sp³-hybridized carbons (Fsp3) is 0.407. The van der Waals surface area contributed by atoms with E-state index < -0.39 is 0 Å². The summed E-state index contributed by atoms with van der Waals surface area (Å²) >= 11 is 0. The Morgan fingerprint density at radius 3 is 2.50 bits per heavy atom. The average molecular weight is 430 g/mol. The minimum absolute atomic E-state index is 0.0691. The highest BCUT2D eigenvalue weighted by Crippen LogP contribution is 2.33. The van der Waals surface area contributed by atoms with E-state index in [0.717, 1.165) is 49.0 Å². The van der Waals surface area contributed by atoms with Gasteiger partial charge in [0.2, 0.25) is 5.91 Å². The molecule has 2 aliphatic rings. The van der Waals surface area contributed by atoms with Crippen LogP contribution in [0.1, 0.15) is 43.5 Å². The molecule has 0 bridgehead atoms. The molecule has 2 fully saturated rings. The van der Waals surface area contributed by atoms with Crippen molar-refractivity contribution in [2.75, 3.05) is 19.6 Å². The highest BCUT2D eigenvalue weighted by atomic mass is 16.2. The topological polar surface area (TPSA) is 56.4 Å². The number of aromatic nitrogens is 1. The third-order valence-electron chi connectivity index (χ3n) is 6.88. The highest BCUT2D eigenvalue weighted by Gasteiger charge is 2.37. The molecule has 1 saturated heterocycles. The van der Waals surface area contributed by atoms with E-state index in [0.29, 0.717) is 23.9 Å². The second kappa shape index (κ2) is 8.45. The first-order valence-corrected chi connectivity index (χ1v) is 11.8. The van der Waals surface area contributed by atoms with Gasteiger partial charge in [0.25, 0.3) is 5.91 Å². The SMILES string of the molecule is CC(C)N(CC1CCN(C(=O)C2CC2)C1)C(=O)c1ccc(-c2ccc3[nH]ccc3c2)cc1. The summed E-state index contributed by atoms with van der Waals surface area (Å²) in [5.74, 6) is 1.02. The maximum atomic E-state index is 13.3. The lowest BCUT2D eigenvalue weighted by molar-refractivity contribution is -0.131. The van der Waals surface area contributed by atoms with Crippen LogP contribution in [0.4, 0.5) is 0 Å². The zero-order chi connectivity index (χ0) is 22.2. The van der Waals surface area contributed by atoms with Crippen molar-refractivity contribution in [3.8, 4) is 11.1 Å². The van der Waals surface area contributed by atoms with Crippen molar-refractivity contribution in [2.45, 2.75) is 39.2 Å². The molecule has 2 heterocycles. The Morgan fingerprint density at radius 2 is 1.78 bits per heavy atom. The van der Waals surface area contributed by atoms with Crippen LogP contribution in [0.3, 0.4) is 0 Å². The fourth-order valence-corrected chi connectivity index (χ4v) is 4.78. The monoisotopic (exact) mass is 429 g/mol. The van der Waals surface area contributed by atoms with Crippen molar-refractivity contribution in [3.63, 3.8) is 0 Å². The summed E-state index contributed by atoms with van der Waals surface area (Å²) < 4.78 is 0. The van der Waals surface area contributed by atoms with Crippen molar-refractivity contribution < 1.29 is 9.59 Å². The van der Waals surface area contributed by atoms with Gasteiger partial charge in [-0.15, -0.1) is 0 Å². The molecular weight excluding hydrogens is 398 g/mol. The number of hydrogen-bond acceptors (Lipinski definition) is 2. The van der Waals surface area contributed by atoms with E-state index in [4.69, 9.17) is 0 Å². The number of rotatable bonds is 6. The second-order valence-electron chi connectivity index (χ2n) is 9.62. The highest BCUT2D eigenvalue weighted by molar-refractivity contribution is 5.95. The van der Waals surface area contributed by atoms with Crippen LogP contribution in [0, 0.1) is 11.8 Å². The van der Waals surface area contributed by atoms with Crippen molar-refractivity contribution in [1.82, 2.24) is 14.8 Å². The van der Waals surface area contributed by atoms with Crippen LogP contribution in [0.2, 0.25) is 0 Å². The van der Waals surface area contributed by atoms with Crippen LogP contribution in [0.25, 0.3) is 22.0 Å². The Kier molecular flexibility index (Phi) is 5.50. The van der Waals surface area contributed by atoms with Gasteiger partial charge in [-0.2, -0.15) is 0 Å². The minimum Gasteiger partial charge on any atom is -0.361 e. The van der Waals surface area contributed by atoms with Crippen molar-refractivity contribution in [1.29, 1.82) is 0 Å². The van der Waals surface area contributed by atoms with E-state index in [-0.39, 0.29) is 17.9 Å². The zero-order valence-corrected chi connectivity index (χ0v) is 18.9. The van der Waals surface area contributed by atoms with Crippen LogP contribution in [-0.4, -0.2) is 52.3 Å². The predicted octanol–water partition coefficient (Wildman–Crippen LogP) is 4.94. The number of H-pyrrole nitrogens is 1. The number of carbonyl (C=O) groups excluding carboxylic acids is 2. The Hall–Kier alpha value is -3.08. The summed E-state index contributed by atoms with van der Waals surface area (Å²) in [5, 5.41) is 1.18. The van der Waals surface area contributed by atoms with E-state index in [1.54, 1.807) is 0 Å². The van der Waals surface area contributed by atoms with Gasteiger partial charge in [-0.1, -0.05) is 18.2 Å². The van der Waals surface area contributed by atoms with Gasteiger partial charge in [-0.3, -0.25) is 9.59 Å². The van der Waals surface area contributed by atoms with Gasteiger partial charge in [0.05, 0.1) is 0 Å². The normalized spacial score (nSPS) is 18.5. The van der Waals surface area contributed by atoms with Crippen LogP contribution >= 0.6 is 0 Å². The number of carbonyl (C=O) groups is 2. The fourth-order valence-electron chi connectivity index (χ4n) is 4.78. The molecule has 1 atom stereocenters. The van der Waals surface area contributed by atoms with Crippen LogP contribution in [-0.2, 0) is 4.79 Å². The summed E-state index contributed by atoms with van der Waals surface area (Å²) in [6.07, 6.45) is 5.02. The molecule has 5 heteroatoms. The van der Waals surface area contributed by atoms with Crippen LogP contribution in [0.5, 0.6) is 0 Å². The molecule has 1 aliphatic heterocycles. The number of hydrogen-bond donors (Lipinski definition) is 1. The standard InChI is InChI=1S/C27H31N3O2/c1-18(2)30(17-19-12-14-29(16-19)26(31)21-7-8-21)27(32)22-5-3-20(4-6-22)23-9-10-25-24(15-23)11-13-28-25/h3-6,9-11,13,15,18-19,21,28H,7-8,12,14,16-17H2,1-2H3. The van der Waals surface area contributed by atoms with Crippen molar-refractivity contribution in [2.24, 2.45) is 11.8 Å². The Balaban J connectivity index is 1.27. The van der Waals surface area contributed by atoms with E-state index in [2.05, 4.69) is 43.1 Å². The lowest BCUT2D eigenvalue weighted by Gasteiger charge is -2.30. The summed E-state index contributed by atoms with van der Waals surface area (Å²) in [7, 11) is 0. The summed E-state index contributed by atoms with van der Waals surface area (Å²) in [5.41, 5.74) is 4.08. The number of likely N-dealkylation sites (tertiary alicyclic amines) is 1.